The van der Waals surface area contributed by atoms with E-state index in [9.17, 15) is 8.78 Å². The van der Waals surface area contributed by atoms with Crippen molar-refractivity contribution in [2.75, 3.05) is 25.1 Å². The summed E-state index contributed by atoms with van der Waals surface area (Å²) in [5, 5.41) is 17.8. The molecule has 0 amide bonds. The van der Waals surface area contributed by atoms with Gasteiger partial charge in [-0.15, -0.1) is 0 Å². The van der Waals surface area contributed by atoms with Gasteiger partial charge in [0.2, 0.25) is 0 Å². The molecule has 1 aromatic carbocycles. The minimum absolute atomic E-state index is 0.0824. The molecule has 2 N–H and O–H groups in total. The Morgan fingerprint density at radius 3 is 2.60 bits per heavy atom. The normalized spacial score (nSPS) is 12.6. The molecule has 0 aliphatic rings. The number of halogens is 2. The summed E-state index contributed by atoms with van der Waals surface area (Å²) in [4.78, 5) is 1.41. The molecule has 1 aromatic rings. The van der Waals surface area contributed by atoms with E-state index in [1.54, 1.807) is 7.05 Å². The maximum Gasteiger partial charge on any atom is 0.149 e. The van der Waals surface area contributed by atoms with Crippen molar-refractivity contribution in [3.63, 3.8) is 0 Å². The summed E-state index contributed by atoms with van der Waals surface area (Å²) in [6.45, 7) is -0.313. The smallest absolute Gasteiger partial charge is 0.149 e. The number of benzene rings is 1. The molecule has 0 aromatic heterocycles. The number of hydrogen-bond acceptors (Lipinski definition) is 3. The molecule has 1 unspecified atom stereocenters. The second-order valence-electron chi connectivity index (χ2n) is 3.31. The molecule has 0 saturated heterocycles. The molecule has 0 saturated carbocycles. The third-order valence-corrected chi connectivity index (χ3v) is 2.02. The van der Waals surface area contributed by atoms with E-state index < -0.39 is 24.3 Å². The Morgan fingerprint density at radius 1 is 1.40 bits per heavy atom. The van der Waals surface area contributed by atoms with Crippen LogP contribution in [0.1, 0.15) is 0 Å². The first-order valence-corrected chi connectivity index (χ1v) is 4.49. The fourth-order valence-electron chi connectivity index (χ4n) is 1.26. The molecule has 84 valence electrons. The Labute approximate surface area is 86.6 Å². The van der Waals surface area contributed by atoms with E-state index in [1.807, 2.05) is 0 Å². The third kappa shape index (κ3) is 3.14. The van der Waals surface area contributed by atoms with E-state index in [4.69, 9.17) is 10.2 Å². The summed E-state index contributed by atoms with van der Waals surface area (Å²) >= 11 is 0. The van der Waals surface area contributed by atoms with Gasteiger partial charge < -0.3 is 15.1 Å². The first-order chi connectivity index (χ1) is 7.04. The Balaban J connectivity index is 2.77. The highest BCUT2D eigenvalue weighted by atomic mass is 19.1. The van der Waals surface area contributed by atoms with E-state index >= 15 is 0 Å². The summed E-state index contributed by atoms with van der Waals surface area (Å²) in [5.41, 5.74) is 0.184. The molecule has 0 heterocycles. The standard InChI is InChI=1S/C10H13F2NO2/c1-13(5-8(15)6-14)10-3-2-7(11)4-9(10)12/h2-4,8,14-15H,5-6H2,1H3. The molecule has 0 aliphatic heterocycles. The summed E-state index contributed by atoms with van der Waals surface area (Å²) < 4.78 is 25.8. The lowest BCUT2D eigenvalue weighted by Crippen LogP contribution is -2.31. The van der Waals surface area contributed by atoms with Crippen LogP contribution in [0.5, 0.6) is 0 Å². The minimum atomic E-state index is -0.945. The van der Waals surface area contributed by atoms with Gasteiger partial charge in [-0.3, -0.25) is 0 Å². The minimum Gasteiger partial charge on any atom is -0.394 e. The van der Waals surface area contributed by atoms with Gasteiger partial charge in [0.1, 0.15) is 11.6 Å². The zero-order chi connectivity index (χ0) is 11.4. The zero-order valence-electron chi connectivity index (χ0n) is 8.32. The van der Waals surface area contributed by atoms with Crippen LogP contribution in [0.3, 0.4) is 0 Å². The Bertz CT molecular complexity index is 333. The van der Waals surface area contributed by atoms with Gasteiger partial charge in [0.05, 0.1) is 18.4 Å². The lowest BCUT2D eigenvalue weighted by atomic mass is 10.2. The average Bonchev–Trinajstić information content (AvgIpc) is 2.17. The first-order valence-electron chi connectivity index (χ1n) is 4.49. The Kier molecular flexibility index (Phi) is 3.99. The largest absolute Gasteiger partial charge is 0.394 e. The van der Waals surface area contributed by atoms with Crippen LogP contribution in [0.25, 0.3) is 0 Å². The van der Waals surface area contributed by atoms with Gasteiger partial charge in [-0.2, -0.15) is 0 Å². The lowest BCUT2D eigenvalue weighted by Gasteiger charge is -2.22. The van der Waals surface area contributed by atoms with Crippen LogP contribution in [0.2, 0.25) is 0 Å². The van der Waals surface area contributed by atoms with E-state index in [2.05, 4.69) is 0 Å². The highest BCUT2D eigenvalue weighted by Gasteiger charge is 2.11. The van der Waals surface area contributed by atoms with Gasteiger partial charge in [-0.25, -0.2) is 8.78 Å². The number of likely N-dealkylation sites (N-methyl/N-ethyl adjacent to an activating group) is 1. The van der Waals surface area contributed by atoms with Gasteiger partial charge in [-0.1, -0.05) is 0 Å². The SMILES string of the molecule is CN(CC(O)CO)c1ccc(F)cc1F. The molecule has 15 heavy (non-hydrogen) atoms. The summed E-state index contributed by atoms with van der Waals surface area (Å²) in [7, 11) is 1.55. The van der Waals surface area contributed by atoms with Crippen molar-refractivity contribution in [3.8, 4) is 0 Å². The molecule has 0 fully saturated rings. The predicted molar refractivity (Wildman–Crippen MR) is 52.7 cm³/mol. The average molecular weight is 217 g/mol. The Morgan fingerprint density at radius 2 is 2.07 bits per heavy atom. The monoisotopic (exact) mass is 217 g/mol. The molecule has 1 atom stereocenters. The van der Waals surface area contributed by atoms with Crippen molar-refractivity contribution >= 4 is 5.69 Å². The number of hydrogen-bond donors (Lipinski definition) is 2. The summed E-state index contributed by atoms with van der Waals surface area (Å²) in [6, 6.07) is 3.20. The summed E-state index contributed by atoms with van der Waals surface area (Å²) in [5.74, 6) is -1.34. The van der Waals surface area contributed by atoms with Crippen LogP contribution in [0.4, 0.5) is 14.5 Å². The highest BCUT2D eigenvalue weighted by Crippen LogP contribution is 2.18. The van der Waals surface area contributed by atoms with Crippen molar-refractivity contribution in [1.82, 2.24) is 0 Å². The van der Waals surface area contributed by atoms with Crippen LogP contribution < -0.4 is 4.90 Å². The van der Waals surface area contributed by atoms with Crippen LogP contribution in [-0.2, 0) is 0 Å². The van der Waals surface area contributed by atoms with Crippen molar-refractivity contribution in [2.24, 2.45) is 0 Å². The second-order valence-corrected chi connectivity index (χ2v) is 3.31. The van der Waals surface area contributed by atoms with Crippen molar-refractivity contribution in [1.29, 1.82) is 0 Å². The topological polar surface area (TPSA) is 43.7 Å². The van der Waals surface area contributed by atoms with Gasteiger partial charge >= 0.3 is 0 Å². The van der Waals surface area contributed by atoms with Crippen molar-refractivity contribution in [3.05, 3.63) is 29.8 Å². The first kappa shape index (κ1) is 11.9. The Hall–Kier alpha value is -1.20. The van der Waals surface area contributed by atoms with Crippen LogP contribution >= 0.6 is 0 Å². The number of anilines is 1. The summed E-state index contributed by atoms with van der Waals surface area (Å²) in [6.07, 6.45) is -0.945. The van der Waals surface area contributed by atoms with Gasteiger partial charge in [0.15, 0.2) is 0 Å². The maximum absolute atomic E-state index is 13.2. The van der Waals surface area contributed by atoms with Crippen molar-refractivity contribution < 1.29 is 19.0 Å². The molecule has 0 radical (unpaired) electrons. The molecule has 0 spiro atoms. The second kappa shape index (κ2) is 5.04. The molecule has 5 heteroatoms. The van der Waals surface area contributed by atoms with E-state index in [-0.39, 0.29) is 12.2 Å². The number of nitrogens with zero attached hydrogens (tertiary/aromatic N) is 1. The van der Waals surface area contributed by atoms with E-state index in [1.165, 1.54) is 11.0 Å². The van der Waals surface area contributed by atoms with Crippen LogP contribution in [0.15, 0.2) is 18.2 Å². The fourth-order valence-corrected chi connectivity index (χ4v) is 1.26. The zero-order valence-corrected chi connectivity index (χ0v) is 8.32. The lowest BCUT2D eigenvalue weighted by molar-refractivity contribution is 0.101. The van der Waals surface area contributed by atoms with Gasteiger partial charge in [-0.05, 0) is 12.1 Å². The molecule has 0 bridgehead atoms. The van der Waals surface area contributed by atoms with Crippen molar-refractivity contribution in [2.45, 2.75) is 6.10 Å². The van der Waals surface area contributed by atoms with E-state index in [0.29, 0.717) is 0 Å². The molecule has 1 rings (SSSR count). The number of rotatable bonds is 4. The fraction of sp³-hybridized carbons (Fsp3) is 0.400. The third-order valence-electron chi connectivity index (χ3n) is 2.02. The number of aliphatic hydroxyl groups excluding tert-OH is 2. The number of aliphatic hydroxyl groups is 2. The van der Waals surface area contributed by atoms with Crippen LogP contribution in [-0.4, -0.2) is 36.5 Å². The maximum atomic E-state index is 13.2. The molecular formula is C10H13F2NO2. The van der Waals surface area contributed by atoms with Crippen LogP contribution in [0, 0.1) is 11.6 Å². The molecule has 0 aliphatic carbocycles. The predicted octanol–water partition coefficient (Wildman–Crippen LogP) is 0.754. The highest BCUT2D eigenvalue weighted by molar-refractivity contribution is 5.47. The molecular weight excluding hydrogens is 204 g/mol. The molecule has 3 nitrogen and oxygen atoms in total. The van der Waals surface area contributed by atoms with E-state index in [0.717, 1.165) is 12.1 Å². The van der Waals surface area contributed by atoms with Gasteiger partial charge in [0.25, 0.3) is 0 Å². The van der Waals surface area contributed by atoms with Gasteiger partial charge in [0, 0.05) is 19.7 Å². The quantitative estimate of drug-likeness (QED) is 0.782.